The van der Waals surface area contributed by atoms with Crippen molar-refractivity contribution in [2.75, 3.05) is 25.0 Å². The molecule has 114 valence electrons. The van der Waals surface area contributed by atoms with Gasteiger partial charge in [0.1, 0.15) is 0 Å². The molecule has 1 aromatic carbocycles. The molecule has 0 saturated carbocycles. The monoisotopic (exact) mass is 290 g/mol. The van der Waals surface area contributed by atoms with Crippen molar-refractivity contribution in [3.63, 3.8) is 0 Å². The summed E-state index contributed by atoms with van der Waals surface area (Å²) in [5.41, 5.74) is 0.723. The Labute approximate surface area is 125 Å². The maximum atomic E-state index is 12.4. The van der Waals surface area contributed by atoms with Crippen LogP contribution in [0.15, 0.2) is 24.3 Å². The van der Waals surface area contributed by atoms with E-state index >= 15 is 0 Å². The lowest BCUT2D eigenvalue weighted by Crippen LogP contribution is -2.42. The average molecular weight is 290 g/mol. The van der Waals surface area contributed by atoms with Crippen LogP contribution >= 0.6 is 0 Å². The molecule has 0 unspecified atom stereocenters. The number of nitrogens with one attached hydrogen (secondary N) is 2. The molecule has 0 aliphatic carbocycles. The molecule has 5 nitrogen and oxygen atoms in total. The summed E-state index contributed by atoms with van der Waals surface area (Å²) in [7, 11) is 0. The predicted molar refractivity (Wildman–Crippen MR) is 81.2 cm³/mol. The van der Waals surface area contributed by atoms with E-state index in [1.165, 1.54) is 0 Å². The van der Waals surface area contributed by atoms with E-state index < -0.39 is 0 Å². The molecule has 1 aliphatic rings. The second-order valence-electron chi connectivity index (χ2n) is 5.57. The quantitative estimate of drug-likeness (QED) is 0.834. The van der Waals surface area contributed by atoms with Crippen LogP contribution in [0.4, 0.5) is 5.69 Å². The summed E-state index contributed by atoms with van der Waals surface area (Å²) < 4.78 is 4.96. The lowest BCUT2D eigenvalue weighted by molar-refractivity contribution is -0.126. The van der Waals surface area contributed by atoms with Gasteiger partial charge in [-0.1, -0.05) is 13.0 Å². The van der Waals surface area contributed by atoms with Gasteiger partial charge in [-0.15, -0.1) is 0 Å². The van der Waals surface area contributed by atoms with Crippen LogP contribution in [-0.4, -0.2) is 31.6 Å². The summed E-state index contributed by atoms with van der Waals surface area (Å²) in [6, 6.07) is 6.86. The van der Waals surface area contributed by atoms with Crippen LogP contribution in [0.3, 0.4) is 0 Å². The number of hydrogen-bond acceptors (Lipinski definition) is 4. The zero-order chi connectivity index (χ0) is 15.3. The topological polar surface area (TPSA) is 67.4 Å². The summed E-state index contributed by atoms with van der Waals surface area (Å²) in [5, 5.41) is 6.17. The van der Waals surface area contributed by atoms with Gasteiger partial charge >= 0.3 is 5.97 Å². The fourth-order valence-corrected chi connectivity index (χ4v) is 2.43. The highest BCUT2D eigenvalue weighted by Gasteiger charge is 2.34. The van der Waals surface area contributed by atoms with Gasteiger partial charge in [0.25, 0.3) is 0 Å². The first-order chi connectivity index (χ1) is 10.0. The maximum absolute atomic E-state index is 12.4. The van der Waals surface area contributed by atoms with Crippen molar-refractivity contribution in [2.24, 2.45) is 5.41 Å². The third-order valence-corrected chi connectivity index (χ3v) is 3.89. The van der Waals surface area contributed by atoms with E-state index in [1.807, 2.05) is 6.92 Å². The molecular formula is C16H22N2O3. The Balaban J connectivity index is 2.07. The normalized spacial score (nSPS) is 17.0. The first-order valence-corrected chi connectivity index (χ1v) is 7.34. The molecule has 5 heteroatoms. The van der Waals surface area contributed by atoms with Crippen LogP contribution < -0.4 is 10.6 Å². The predicted octanol–water partition coefficient (Wildman–Crippen LogP) is 2.19. The fourth-order valence-electron chi connectivity index (χ4n) is 2.43. The number of hydrogen-bond donors (Lipinski definition) is 2. The molecule has 0 radical (unpaired) electrons. The Bertz CT molecular complexity index is 522. The van der Waals surface area contributed by atoms with Gasteiger partial charge in [-0.2, -0.15) is 0 Å². The molecule has 2 rings (SSSR count). The zero-order valence-electron chi connectivity index (χ0n) is 12.6. The Morgan fingerprint density at radius 3 is 2.71 bits per heavy atom. The highest BCUT2D eigenvalue weighted by molar-refractivity contribution is 5.97. The summed E-state index contributed by atoms with van der Waals surface area (Å²) in [5.74, 6) is -0.369. The van der Waals surface area contributed by atoms with Gasteiger partial charge in [0, 0.05) is 11.1 Å². The molecule has 1 saturated heterocycles. The lowest BCUT2D eigenvalue weighted by Gasteiger charge is -2.32. The van der Waals surface area contributed by atoms with Gasteiger partial charge in [0.05, 0.1) is 12.2 Å². The van der Waals surface area contributed by atoms with Crippen LogP contribution in [-0.2, 0) is 9.53 Å². The molecule has 1 amide bonds. The average Bonchev–Trinajstić information content (AvgIpc) is 2.48. The molecule has 0 spiro atoms. The largest absolute Gasteiger partial charge is 0.462 e. The van der Waals surface area contributed by atoms with Crippen molar-refractivity contribution in [2.45, 2.75) is 26.7 Å². The van der Waals surface area contributed by atoms with E-state index in [2.05, 4.69) is 10.6 Å². The van der Waals surface area contributed by atoms with E-state index in [0.717, 1.165) is 25.9 Å². The van der Waals surface area contributed by atoms with Crippen molar-refractivity contribution in [3.05, 3.63) is 29.8 Å². The number of piperidine rings is 1. The minimum Gasteiger partial charge on any atom is -0.462 e. The second kappa shape index (κ2) is 6.72. The first-order valence-electron chi connectivity index (χ1n) is 7.34. The highest BCUT2D eigenvalue weighted by Crippen LogP contribution is 2.29. The smallest absolute Gasteiger partial charge is 0.338 e. The summed E-state index contributed by atoms with van der Waals surface area (Å²) >= 11 is 0. The van der Waals surface area contributed by atoms with Gasteiger partial charge in [-0.05, 0) is 51.1 Å². The van der Waals surface area contributed by atoms with E-state index in [4.69, 9.17) is 4.74 Å². The van der Waals surface area contributed by atoms with Gasteiger partial charge in [-0.25, -0.2) is 4.79 Å². The van der Waals surface area contributed by atoms with Crippen LogP contribution in [0.25, 0.3) is 0 Å². The minimum absolute atomic E-state index is 0.00464. The number of amides is 1. The number of carbonyl (C=O) groups excluding carboxylic acids is 2. The lowest BCUT2D eigenvalue weighted by atomic mass is 9.80. The summed E-state index contributed by atoms with van der Waals surface area (Å²) in [6.45, 7) is 5.79. The molecule has 1 aliphatic heterocycles. The van der Waals surface area contributed by atoms with Crippen LogP contribution in [0.1, 0.15) is 37.0 Å². The summed E-state index contributed by atoms with van der Waals surface area (Å²) in [6.07, 6.45) is 1.63. The van der Waals surface area contributed by atoms with E-state index in [1.54, 1.807) is 31.2 Å². The van der Waals surface area contributed by atoms with Crippen LogP contribution in [0.5, 0.6) is 0 Å². The van der Waals surface area contributed by atoms with Crippen LogP contribution in [0, 0.1) is 5.41 Å². The van der Waals surface area contributed by atoms with E-state index in [-0.39, 0.29) is 17.3 Å². The first kappa shape index (κ1) is 15.5. The standard InChI is InChI=1S/C16H22N2O3/c1-3-21-14(19)12-5-4-6-13(11-12)18-15(20)16(2)7-9-17-10-8-16/h4-6,11,17H,3,7-10H2,1-2H3,(H,18,20). The van der Waals surface area contributed by atoms with E-state index in [9.17, 15) is 9.59 Å². The van der Waals surface area contributed by atoms with Crippen molar-refractivity contribution >= 4 is 17.6 Å². The third kappa shape index (κ3) is 3.82. The van der Waals surface area contributed by atoms with E-state index in [0.29, 0.717) is 17.9 Å². The molecule has 0 atom stereocenters. The summed E-state index contributed by atoms with van der Waals surface area (Å²) in [4.78, 5) is 24.1. The Kier molecular flexibility index (Phi) is 4.96. The van der Waals surface area contributed by atoms with Crippen molar-refractivity contribution in [1.29, 1.82) is 0 Å². The van der Waals surface area contributed by atoms with Crippen LogP contribution in [0.2, 0.25) is 0 Å². The van der Waals surface area contributed by atoms with Crippen molar-refractivity contribution in [1.82, 2.24) is 5.32 Å². The highest BCUT2D eigenvalue weighted by atomic mass is 16.5. The molecule has 21 heavy (non-hydrogen) atoms. The number of anilines is 1. The molecule has 1 heterocycles. The third-order valence-electron chi connectivity index (χ3n) is 3.89. The molecule has 0 bridgehead atoms. The number of ether oxygens (including phenoxy) is 1. The zero-order valence-corrected chi connectivity index (χ0v) is 12.6. The molecule has 1 aromatic rings. The number of carbonyl (C=O) groups is 2. The Hall–Kier alpha value is -1.88. The maximum Gasteiger partial charge on any atom is 0.338 e. The molecule has 1 fully saturated rings. The van der Waals surface area contributed by atoms with Crippen molar-refractivity contribution < 1.29 is 14.3 Å². The van der Waals surface area contributed by atoms with Crippen molar-refractivity contribution in [3.8, 4) is 0 Å². The molecular weight excluding hydrogens is 268 g/mol. The Morgan fingerprint density at radius 2 is 2.05 bits per heavy atom. The minimum atomic E-state index is -0.373. The van der Waals surface area contributed by atoms with Gasteiger partial charge < -0.3 is 15.4 Å². The Morgan fingerprint density at radius 1 is 1.33 bits per heavy atom. The number of benzene rings is 1. The number of rotatable bonds is 4. The molecule has 0 aromatic heterocycles. The fraction of sp³-hybridized carbons (Fsp3) is 0.500. The van der Waals surface area contributed by atoms with Gasteiger partial charge in [-0.3, -0.25) is 4.79 Å². The number of esters is 1. The molecule has 2 N–H and O–H groups in total. The van der Waals surface area contributed by atoms with Gasteiger partial charge in [0.2, 0.25) is 5.91 Å². The van der Waals surface area contributed by atoms with Gasteiger partial charge in [0.15, 0.2) is 0 Å². The second-order valence-corrected chi connectivity index (χ2v) is 5.57. The SMILES string of the molecule is CCOC(=O)c1cccc(NC(=O)C2(C)CCNCC2)c1.